The van der Waals surface area contributed by atoms with Crippen LogP contribution in [0.4, 0.5) is 10.1 Å². The number of nitrogens with zero attached hydrogens (tertiary/aromatic N) is 1. The van der Waals surface area contributed by atoms with Crippen LogP contribution in [-0.2, 0) is 5.75 Å². The van der Waals surface area contributed by atoms with Gasteiger partial charge in [0.1, 0.15) is 11.5 Å². The second kappa shape index (κ2) is 4.75. The first-order chi connectivity index (χ1) is 8.74. The van der Waals surface area contributed by atoms with Crippen molar-refractivity contribution >= 4 is 33.7 Å². The zero-order chi connectivity index (χ0) is 12.5. The van der Waals surface area contributed by atoms with Crippen molar-refractivity contribution in [2.45, 2.75) is 10.6 Å². The molecule has 1 atom stereocenters. The molecule has 18 heavy (non-hydrogen) atoms. The molecule has 0 amide bonds. The van der Waals surface area contributed by atoms with Gasteiger partial charge in [-0.2, -0.15) is 10.9 Å². The second-order valence-corrected chi connectivity index (χ2v) is 6.51. The molecular weight excluding hydrogens is 269 g/mol. The zero-order valence-corrected chi connectivity index (χ0v) is 11.1. The van der Waals surface area contributed by atoms with Crippen LogP contribution in [0.3, 0.4) is 0 Å². The van der Waals surface area contributed by atoms with Crippen molar-refractivity contribution in [3.05, 3.63) is 58.9 Å². The molecule has 1 heterocycles. The van der Waals surface area contributed by atoms with E-state index in [1.54, 1.807) is 6.07 Å². The van der Waals surface area contributed by atoms with Gasteiger partial charge in [0, 0.05) is 21.2 Å². The van der Waals surface area contributed by atoms with Gasteiger partial charge in [0.15, 0.2) is 0 Å². The predicted octanol–water partition coefficient (Wildman–Crippen LogP) is 4.71. The normalized spacial score (nSPS) is 18.9. The van der Waals surface area contributed by atoms with Gasteiger partial charge >= 0.3 is 0 Å². The van der Waals surface area contributed by atoms with Gasteiger partial charge in [-0.25, -0.2) is 9.38 Å². The first-order valence-corrected chi connectivity index (χ1v) is 7.55. The Morgan fingerprint density at radius 3 is 2.67 bits per heavy atom. The average Bonchev–Trinajstić information content (AvgIpc) is 2.77. The Kier molecular flexibility index (Phi) is 3.10. The SMILES string of the molecule is Fc1cccc2c1N=C[SH]2Cc1ccc(Cl)cc1. The zero-order valence-electron chi connectivity index (χ0n) is 9.48. The second-order valence-electron chi connectivity index (χ2n) is 4.11. The van der Waals surface area contributed by atoms with Crippen molar-refractivity contribution in [1.29, 1.82) is 0 Å². The molecule has 92 valence electrons. The smallest absolute Gasteiger partial charge is 0.149 e. The summed E-state index contributed by atoms with van der Waals surface area (Å²) in [7, 11) is -0.538. The summed E-state index contributed by atoms with van der Waals surface area (Å²) in [6, 6.07) is 13.0. The van der Waals surface area contributed by atoms with E-state index in [9.17, 15) is 4.39 Å². The highest BCUT2D eigenvalue weighted by molar-refractivity contribution is 8.28. The Labute approximate surface area is 113 Å². The quantitative estimate of drug-likeness (QED) is 0.764. The first-order valence-electron chi connectivity index (χ1n) is 5.58. The molecule has 3 rings (SSSR count). The molecule has 0 radical (unpaired) electrons. The third-order valence-corrected chi connectivity index (χ3v) is 5.20. The van der Waals surface area contributed by atoms with Crippen LogP contribution in [0, 0.1) is 5.82 Å². The minimum absolute atomic E-state index is 0.232. The van der Waals surface area contributed by atoms with E-state index in [0.29, 0.717) is 5.69 Å². The lowest BCUT2D eigenvalue weighted by atomic mass is 10.2. The fourth-order valence-electron chi connectivity index (χ4n) is 1.97. The van der Waals surface area contributed by atoms with Crippen molar-refractivity contribution in [2.75, 3.05) is 0 Å². The Hall–Kier alpha value is -1.32. The van der Waals surface area contributed by atoms with Gasteiger partial charge in [-0.1, -0.05) is 29.8 Å². The number of benzene rings is 2. The van der Waals surface area contributed by atoms with Gasteiger partial charge in [-0.3, -0.25) is 0 Å². The molecule has 0 aromatic heterocycles. The van der Waals surface area contributed by atoms with Gasteiger partial charge < -0.3 is 0 Å². The third kappa shape index (κ3) is 2.16. The minimum Gasteiger partial charge on any atom is -0.247 e. The maximum Gasteiger partial charge on any atom is 0.149 e. The Balaban J connectivity index is 1.87. The van der Waals surface area contributed by atoms with Crippen LogP contribution in [-0.4, -0.2) is 5.55 Å². The molecule has 2 aromatic carbocycles. The Morgan fingerprint density at radius 2 is 1.89 bits per heavy atom. The van der Waals surface area contributed by atoms with Crippen LogP contribution in [0.5, 0.6) is 0 Å². The number of halogens is 2. The van der Waals surface area contributed by atoms with Crippen LogP contribution in [0.15, 0.2) is 52.4 Å². The first kappa shape index (κ1) is 11.8. The van der Waals surface area contributed by atoms with Crippen LogP contribution < -0.4 is 0 Å². The van der Waals surface area contributed by atoms with E-state index in [0.717, 1.165) is 15.7 Å². The Morgan fingerprint density at radius 1 is 1.11 bits per heavy atom. The number of para-hydroxylation sites is 1. The highest BCUT2D eigenvalue weighted by Gasteiger charge is 2.18. The van der Waals surface area contributed by atoms with Gasteiger partial charge in [-0.05, 0) is 29.8 Å². The molecule has 0 fully saturated rings. The minimum atomic E-state index is -0.538. The number of fused-ring (bicyclic) bond motifs is 1. The Bertz CT molecular complexity index is 610. The molecular formula is C14H11ClFNS. The molecule has 0 bridgehead atoms. The molecule has 4 heteroatoms. The van der Waals surface area contributed by atoms with Gasteiger partial charge in [-0.15, -0.1) is 0 Å². The van der Waals surface area contributed by atoms with E-state index in [2.05, 4.69) is 4.99 Å². The molecule has 1 unspecified atom stereocenters. The molecule has 0 saturated carbocycles. The number of hydrogen-bond donors (Lipinski definition) is 1. The van der Waals surface area contributed by atoms with E-state index in [-0.39, 0.29) is 5.82 Å². The predicted molar refractivity (Wildman–Crippen MR) is 77.0 cm³/mol. The third-order valence-electron chi connectivity index (χ3n) is 2.87. The largest absolute Gasteiger partial charge is 0.247 e. The fraction of sp³-hybridized carbons (Fsp3) is 0.0714. The van der Waals surface area contributed by atoms with Crippen molar-refractivity contribution < 1.29 is 4.39 Å². The van der Waals surface area contributed by atoms with Crippen LogP contribution in [0.25, 0.3) is 0 Å². The molecule has 1 aliphatic rings. The monoisotopic (exact) mass is 279 g/mol. The molecule has 0 spiro atoms. The van der Waals surface area contributed by atoms with Gasteiger partial charge in [0.25, 0.3) is 0 Å². The van der Waals surface area contributed by atoms with Crippen molar-refractivity contribution in [3.8, 4) is 0 Å². The van der Waals surface area contributed by atoms with Crippen molar-refractivity contribution in [1.82, 2.24) is 0 Å². The summed E-state index contributed by atoms with van der Waals surface area (Å²) >= 11 is 5.86. The fourth-order valence-corrected chi connectivity index (χ4v) is 4.04. The lowest BCUT2D eigenvalue weighted by Crippen LogP contribution is -1.88. The van der Waals surface area contributed by atoms with E-state index in [4.69, 9.17) is 11.6 Å². The summed E-state index contributed by atoms with van der Waals surface area (Å²) in [5.74, 6) is 0.650. The maximum atomic E-state index is 13.5. The summed E-state index contributed by atoms with van der Waals surface area (Å²) in [5, 5.41) is 0.734. The van der Waals surface area contributed by atoms with Crippen LogP contribution in [0.2, 0.25) is 5.02 Å². The maximum absolute atomic E-state index is 13.5. The average molecular weight is 280 g/mol. The highest BCUT2D eigenvalue weighted by atomic mass is 35.5. The summed E-state index contributed by atoms with van der Waals surface area (Å²) in [6.45, 7) is 0. The molecule has 0 saturated heterocycles. The number of thiol groups is 1. The van der Waals surface area contributed by atoms with Crippen molar-refractivity contribution in [2.24, 2.45) is 4.99 Å². The lowest BCUT2D eigenvalue weighted by Gasteiger charge is -2.13. The van der Waals surface area contributed by atoms with Crippen LogP contribution in [0.1, 0.15) is 5.56 Å². The number of aliphatic imine (C=N–C) groups is 1. The van der Waals surface area contributed by atoms with Crippen molar-refractivity contribution in [3.63, 3.8) is 0 Å². The molecule has 1 aliphatic heterocycles. The molecule has 0 N–H and O–H groups in total. The van der Waals surface area contributed by atoms with E-state index in [1.165, 1.54) is 11.6 Å². The van der Waals surface area contributed by atoms with Gasteiger partial charge in [0.05, 0.1) is 0 Å². The molecule has 2 aromatic rings. The van der Waals surface area contributed by atoms with E-state index < -0.39 is 10.9 Å². The van der Waals surface area contributed by atoms with Crippen LogP contribution >= 0.6 is 22.5 Å². The standard InChI is InChI=1S/C14H11ClFNS/c15-11-6-4-10(5-7-11)8-18-9-17-14-12(16)2-1-3-13(14)18/h1-7,9,18H,8H2. The van der Waals surface area contributed by atoms with Gasteiger partial charge in [0.2, 0.25) is 0 Å². The molecule has 1 nitrogen and oxygen atoms in total. The summed E-state index contributed by atoms with van der Waals surface area (Å²) in [5.41, 5.74) is 3.60. The summed E-state index contributed by atoms with van der Waals surface area (Å²) < 4.78 is 13.5. The summed E-state index contributed by atoms with van der Waals surface area (Å²) in [4.78, 5) is 5.22. The number of rotatable bonds is 2. The van der Waals surface area contributed by atoms with E-state index >= 15 is 0 Å². The number of hydrogen-bond acceptors (Lipinski definition) is 1. The summed E-state index contributed by atoms with van der Waals surface area (Å²) in [6.07, 6.45) is 0. The molecule has 0 aliphatic carbocycles. The lowest BCUT2D eigenvalue weighted by molar-refractivity contribution is 0.627. The topological polar surface area (TPSA) is 12.4 Å². The van der Waals surface area contributed by atoms with E-state index in [1.807, 2.05) is 35.9 Å². The highest BCUT2D eigenvalue weighted by Crippen LogP contribution is 2.48.